The van der Waals surface area contributed by atoms with Gasteiger partial charge in [0.15, 0.2) is 0 Å². The maximum atomic E-state index is 11.5. The van der Waals surface area contributed by atoms with Crippen LogP contribution in [0.25, 0.3) is 0 Å². The van der Waals surface area contributed by atoms with Crippen LogP contribution in [0.2, 0.25) is 0 Å². The minimum atomic E-state index is -0.111. The van der Waals surface area contributed by atoms with Gasteiger partial charge in [0.25, 0.3) is 0 Å². The molecular formula is C12H21NO2. The van der Waals surface area contributed by atoms with Crippen molar-refractivity contribution in [2.24, 2.45) is 11.8 Å². The van der Waals surface area contributed by atoms with Crippen molar-refractivity contribution in [2.75, 3.05) is 7.11 Å². The van der Waals surface area contributed by atoms with Crippen LogP contribution in [0, 0.1) is 11.8 Å². The third-order valence-electron chi connectivity index (χ3n) is 4.05. The largest absolute Gasteiger partial charge is 0.468 e. The second-order valence-electron chi connectivity index (χ2n) is 4.93. The lowest BCUT2D eigenvalue weighted by Gasteiger charge is -2.26. The molecular weight excluding hydrogens is 190 g/mol. The van der Waals surface area contributed by atoms with E-state index in [1.54, 1.807) is 0 Å². The lowest BCUT2D eigenvalue weighted by atomic mass is 9.94. The number of fused-ring (bicyclic) bond motifs is 2. The fraction of sp³-hybridized carbons (Fsp3) is 0.917. The maximum Gasteiger partial charge on any atom is 0.322 e. The van der Waals surface area contributed by atoms with E-state index in [1.807, 2.05) is 6.92 Å². The quantitative estimate of drug-likeness (QED) is 0.719. The average molecular weight is 211 g/mol. The van der Waals surface area contributed by atoms with Gasteiger partial charge in [-0.25, -0.2) is 0 Å². The SMILES string of the molecule is CCC(NC1CC2CCC1C2)C(=O)OC. The molecule has 1 N–H and O–H groups in total. The van der Waals surface area contributed by atoms with Crippen molar-refractivity contribution in [3.8, 4) is 0 Å². The van der Waals surface area contributed by atoms with Gasteiger partial charge in [-0.3, -0.25) is 4.79 Å². The molecule has 86 valence electrons. The Morgan fingerprint density at radius 3 is 2.73 bits per heavy atom. The van der Waals surface area contributed by atoms with Gasteiger partial charge in [-0.05, 0) is 37.5 Å². The van der Waals surface area contributed by atoms with Crippen molar-refractivity contribution in [2.45, 2.75) is 51.1 Å². The van der Waals surface area contributed by atoms with E-state index in [2.05, 4.69) is 5.32 Å². The van der Waals surface area contributed by atoms with E-state index in [4.69, 9.17) is 4.74 Å². The molecule has 0 aromatic rings. The van der Waals surface area contributed by atoms with Crippen molar-refractivity contribution in [1.82, 2.24) is 5.32 Å². The van der Waals surface area contributed by atoms with Gasteiger partial charge in [0.05, 0.1) is 7.11 Å². The molecule has 4 unspecified atom stereocenters. The first-order chi connectivity index (χ1) is 7.24. The summed E-state index contributed by atoms with van der Waals surface area (Å²) >= 11 is 0. The molecule has 2 bridgehead atoms. The molecule has 3 heteroatoms. The smallest absolute Gasteiger partial charge is 0.322 e. The van der Waals surface area contributed by atoms with Crippen LogP contribution in [0.3, 0.4) is 0 Å². The fourth-order valence-electron chi connectivity index (χ4n) is 3.20. The van der Waals surface area contributed by atoms with Crippen LogP contribution >= 0.6 is 0 Å². The molecule has 0 saturated heterocycles. The Kier molecular flexibility index (Phi) is 3.29. The molecule has 15 heavy (non-hydrogen) atoms. The maximum absolute atomic E-state index is 11.5. The first-order valence-corrected chi connectivity index (χ1v) is 6.08. The second kappa shape index (κ2) is 4.52. The van der Waals surface area contributed by atoms with Crippen molar-refractivity contribution < 1.29 is 9.53 Å². The van der Waals surface area contributed by atoms with Crippen molar-refractivity contribution in [3.05, 3.63) is 0 Å². The first-order valence-electron chi connectivity index (χ1n) is 6.08. The van der Waals surface area contributed by atoms with Crippen molar-refractivity contribution >= 4 is 5.97 Å². The van der Waals surface area contributed by atoms with E-state index in [-0.39, 0.29) is 12.0 Å². The van der Waals surface area contributed by atoms with E-state index in [0.29, 0.717) is 6.04 Å². The van der Waals surface area contributed by atoms with Gasteiger partial charge in [0, 0.05) is 6.04 Å². The minimum absolute atomic E-state index is 0.0978. The predicted molar refractivity (Wildman–Crippen MR) is 58.5 cm³/mol. The van der Waals surface area contributed by atoms with Crippen molar-refractivity contribution in [3.63, 3.8) is 0 Å². The zero-order valence-electron chi connectivity index (χ0n) is 9.66. The summed E-state index contributed by atoms with van der Waals surface area (Å²) < 4.78 is 4.79. The molecule has 3 nitrogen and oxygen atoms in total. The summed E-state index contributed by atoms with van der Waals surface area (Å²) in [5, 5.41) is 3.47. The first kappa shape index (κ1) is 10.9. The molecule has 4 atom stereocenters. The normalized spacial score (nSPS) is 35.5. The topological polar surface area (TPSA) is 38.3 Å². The number of hydrogen-bond donors (Lipinski definition) is 1. The second-order valence-corrected chi connectivity index (χ2v) is 4.93. The molecule has 0 radical (unpaired) electrons. The number of nitrogens with one attached hydrogen (secondary N) is 1. The molecule has 2 fully saturated rings. The van der Waals surface area contributed by atoms with E-state index in [9.17, 15) is 4.79 Å². The summed E-state index contributed by atoms with van der Waals surface area (Å²) in [6, 6.07) is 0.465. The number of carbonyl (C=O) groups excluding carboxylic acids is 1. The molecule has 2 saturated carbocycles. The lowest BCUT2D eigenvalue weighted by Crippen LogP contribution is -2.45. The molecule has 0 heterocycles. The molecule has 0 aromatic heterocycles. The summed E-state index contributed by atoms with van der Waals surface area (Å²) in [7, 11) is 1.47. The number of hydrogen-bond acceptors (Lipinski definition) is 3. The van der Waals surface area contributed by atoms with Gasteiger partial charge in [0.2, 0.25) is 0 Å². The van der Waals surface area contributed by atoms with E-state index in [0.717, 1.165) is 18.3 Å². The van der Waals surface area contributed by atoms with E-state index in [1.165, 1.54) is 32.8 Å². The number of ether oxygens (including phenoxy) is 1. The molecule has 2 aliphatic carbocycles. The molecule has 0 aliphatic heterocycles. The van der Waals surface area contributed by atoms with Gasteiger partial charge >= 0.3 is 5.97 Å². The Balaban J connectivity index is 1.87. The molecule has 0 aromatic carbocycles. The number of esters is 1. The van der Waals surface area contributed by atoms with E-state index < -0.39 is 0 Å². The predicted octanol–water partition coefficient (Wildman–Crippen LogP) is 1.72. The average Bonchev–Trinajstić information content (AvgIpc) is 2.86. The van der Waals surface area contributed by atoms with Crippen LogP contribution in [-0.4, -0.2) is 25.2 Å². The van der Waals surface area contributed by atoms with Crippen LogP contribution in [-0.2, 0) is 9.53 Å². The zero-order valence-corrected chi connectivity index (χ0v) is 9.66. The molecule has 2 aliphatic rings. The number of methoxy groups -OCH3 is 1. The number of rotatable bonds is 4. The zero-order chi connectivity index (χ0) is 10.8. The van der Waals surface area contributed by atoms with Crippen LogP contribution in [0.15, 0.2) is 0 Å². The summed E-state index contributed by atoms with van der Waals surface area (Å²) in [4.78, 5) is 11.5. The molecule has 0 spiro atoms. The minimum Gasteiger partial charge on any atom is -0.468 e. The van der Waals surface area contributed by atoms with Gasteiger partial charge in [-0.15, -0.1) is 0 Å². The van der Waals surface area contributed by atoms with Crippen LogP contribution in [0.5, 0.6) is 0 Å². The fourth-order valence-corrected chi connectivity index (χ4v) is 3.20. The van der Waals surface area contributed by atoms with Crippen molar-refractivity contribution in [1.29, 1.82) is 0 Å². The molecule has 0 amide bonds. The standard InChI is InChI=1S/C12H21NO2/c1-3-10(12(14)15-2)13-11-7-8-4-5-9(11)6-8/h8-11,13H,3-7H2,1-2H3. The summed E-state index contributed by atoms with van der Waals surface area (Å²) in [6.07, 6.45) is 6.20. The Morgan fingerprint density at radius 2 is 2.27 bits per heavy atom. The van der Waals surface area contributed by atoms with Gasteiger partial charge in [0.1, 0.15) is 6.04 Å². The number of carbonyl (C=O) groups is 1. The Morgan fingerprint density at radius 1 is 1.47 bits per heavy atom. The van der Waals surface area contributed by atoms with Gasteiger partial charge in [-0.1, -0.05) is 13.3 Å². The van der Waals surface area contributed by atoms with Crippen LogP contribution < -0.4 is 5.32 Å². The summed E-state index contributed by atoms with van der Waals surface area (Å²) in [6.45, 7) is 2.03. The highest BCUT2D eigenvalue weighted by Crippen LogP contribution is 2.44. The van der Waals surface area contributed by atoms with Crippen LogP contribution in [0.1, 0.15) is 39.0 Å². The highest BCUT2D eigenvalue weighted by atomic mass is 16.5. The highest BCUT2D eigenvalue weighted by Gasteiger charge is 2.40. The van der Waals surface area contributed by atoms with Gasteiger partial charge in [-0.2, -0.15) is 0 Å². The highest BCUT2D eigenvalue weighted by molar-refractivity contribution is 5.75. The third-order valence-corrected chi connectivity index (χ3v) is 4.05. The van der Waals surface area contributed by atoms with E-state index >= 15 is 0 Å². The Hall–Kier alpha value is -0.570. The summed E-state index contributed by atoms with van der Waals surface area (Å²) in [5.74, 6) is 1.62. The summed E-state index contributed by atoms with van der Waals surface area (Å²) in [5.41, 5.74) is 0. The Bertz CT molecular complexity index is 242. The molecule has 2 rings (SSSR count). The Labute approximate surface area is 91.6 Å². The van der Waals surface area contributed by atoms with Gasteiger partial charge < -0.3 is 10.1 Å². The lowest BCUT2D eigenvalue weighted by molar-refractivity contribution is -0.143. The monoisotopic (exact) mass is 211 g/mol. The third kappa shape index (κ3) is 2.17. The van der Waals surface area contributed by atoms with Crippen LogP contribution in [0.4, 0.5) is 0 Å².